The molecule has 0 aliphatic heterocycles. The van der Waals surface area contributed by atoms with Gasteiger partial charge < -0.3 is 14.6 Å². The van der Waals surface area contributed by atoms with E-state index >= 15 is 0 Å². The van der Waals surface area contributed by atoms with Crippen LogP contribution in [0.25, 0.3) is 5.65 Å². The molecule has 2 heterocycles. The lowest BCUT2D eigenvalue weighted by molar-refractivity contribution is 0.657. The molecular formula is C16H24N4. The second-order valence-electron chi connectivity index (χ2n) is 5.81. The van der Waals surface area contributed by atoms with Crippen molar-refractivity contribution in [3.8, 4) is 0 Å². The number of aromatic nitrogens is 2. The summed E-state index contributed by atoms with van der Waals surface area (Å²) in [6.45, 7) is 5.25. The topological polar surface area (TPSA) is 32.6 Å². The smallest absolute Gasteiger partial charge is 0.152 e. The predicted molar refractivity (Wildman–Crippen MR) is 83.2 cm³/mol. The lowest BCUT2D eigenvalue weighted by Crippen LogP contribution is -2.24. The van der Waals surface area contributed by atoms with Gasteiger partial charge in [0.1, 0.15) is 5.65 Å². The Labute approximate surface area is 120 Å². The molecule has 0 radical (unpaired) electrons. The molecule has 20 heavy (non-hydrogen) atoms. The van der Waals surface area contributed by atoms with Crippen LogP contribution in [0.2, 0.25) is 0 Å². The van der Waals surface area contributed by atoms with Crippen LogP contribution in [0.5, 0.6) is 0 Å². The summed E-state index contributed by atoms with van der Waals surface area (Å²) in [4.78, 5) is 7.15. The Bertz CT molecular complexity index is 571. The van der Waals surface area contributed by atoms with E-state index in [1.807, 2.05) is 0 Å². The monoisotopic (exact) mass is 272 g/mol. The van der Waals surface area contributed by atoms with Crippen molar-refractivity contribution >= 4 is 11.5 Å². The van der Waals surface area contributed by atoms with Crippen molar-refractivity contribution in [2.75, 3.05) is 25.0 Å². The standard InChI is InChI=1S/C16H24N4/c1-3-9-17-11-14-16(19(2)12-13-7-8-13)18-15-6-4-5-10-20(14)15/h4-6,10,13,17H,3,7-9,11-12H2,1-2H3. The number of nitrogens with one attached hydrogen (secondary N) is 1. The molecular weight excluding hydrogens is 248 g/mol. The minimum atomic E-state index is 0.876. The first-order chi connectivity index (χ1) is 9.79. The highest BCUT2D eigenvalue weighted by molar-refractivity contribution is 5.55. The molecule has 1 aliphatic carbocycles. The Balaban J connectivity index is 1.88. The largest absolute Gasteiger partial charge is 0.358 e. The molecule has 4 nitrogen and oxygen atoms in total. The van der Waals surface area contributed by atoms with Crippen molar-refractivity contribution in [3.05, 3.63) is 30.1 Å². The fourth-order valence-corrected chi connectivity index (χ4v) is 2.66. The number of rotatable bonds is 7. The normalized spacial score (nSPS) is 14.9. The van der Waals surface area contributed by atoms with E-state index in [-0.39, 0.29) is 0 Å². The summed E-state index contributed by atoms with van der Waals surface area (Å²) in [5.41, 5.74) is 2.32. The molecule has 1 aliphatic rings. The summed E-state index contributed by atoms with van der Waals surface area (Å²) in [6.07, 6.45) is 6.02. The van der Waals surface area contributed by atoms with Crippen molar-refractivity contribution in [1.29, 1.82) is 0 Å². The average molecular weight is 272 g/mol. The Morgan fingerprint density at radius 1 is 1.40 bits per heavy atom. The van der Waals surface area contributed by atoms with Gasteiger partial charge in [0.05, 0.1) is 5.69 Å². The van der Waals surface area contributed by atoms with Gasteiger partial charge in [-0.25, -0.2) is 4.98 Å². The van der Waals surface area contributed by atoms with E-state index < -0.39 is 0 Å². The third kappa shape index (κ3) is 2.80. The Morgan fingerprint density at radius 3 is 3.00 bits per heavy atom. The lowest BCUT2D eigenvalue weighted by atomic mass is 10.3. The Hall–Kier alpha value is -1.55. The molecule has 0 atom stereocenters. The van der Waals surface area contributed by atoms with Crippen molar-refractivity contribution in [1.82, 2.24) is 14.7 Å². The van der Waals surface area contributed by atoms with Crippen molar-refractivity contribution in [2.45, 2.75) is 32.7 Å². The summed E-state index contributed by atoms with van der Waals surface area (Å²) >= 11 is 0. The Kier molecular flexibility index (Phi) is 3.92. The highest BCUT2D eigenvalue weighted by Crippen LogP contribution is 2.31. The minimum Gasteiger partial charge on any atom is -0.358 e. The second-order valence-corrected chi connectivity index (χ2v) is 5.81. The molecule has 108 valence electrons. The van der Waals surface area contributed by atoms with Gasteiger partial charge in [0, 0.05) is 26.3 Å². The van der Waals surface area contributed by atoms with E-state index in [2.05, 4.69) is 53.0 Å². The fourth-order valence-electron chi connectivity index (χ4n) is 2.66. The van der Waals surface area contributed by atoms with E-state index in [9.17, 15) is 0 Å². The number of nitrogens with zero attached hydrogens (tertiary/aromatic N) is 3. The summed E-state index contributed by atoms with van der Waals surface area (Å²) in [5, 5.41) is 3.51. The van der Waals surface area contributed by atoms with Crippen LogP contribution in [-0.4, -0.2) is 29.5 Å². The number of hydrogen-bond acceptors (Lipinski definition) is 3. The van der Waals surface area contributed by atoms with E-state index in [4.69, 9.17) is 4.98 Å². The molecule has 1 saturated carbocycles. The zero-order chi connectivity index (χ0) is 13.9. The molecule has 1 fully saturated rings. The van der Waals surface area contributed by atoms with Crippen molar-refractivity contribution < 1.29 is 0 Å². The third-order valence-corrected chi connectivity index (χ3v) is 3.92. The van der Waals surface area contributed by atoms with Gasteiger partial charge in [-0.2, -0.15) is 0 Å². The van der Waals surface area contributed by atoms with Gasteiger partial charge in [0.2, 0.25) is 0 Å². The van der Waals surface area contributed by atoms with Gasteiger partial charge in [-0.1, -0.05) is 13.0 Å². The number of fused-ring (bicyclic) bond motifs is 1. The van der Waals surface area contributed by atoms with Gasteiger partial charge >= 0.3 is 0 Å². The first-order valence-corrected chi connectivity index (χ1v) is 7.67. The summed E-state index contributed by atoms with van der Waals surface area (Å²) in [7, 11) is 2.17. The van der Waals surface area contributed by atoms with Gasteiger partial charge in [0.15, 0.2) is 5.82 Å². The quantitative estimate of drug-likeness (QED) is 0.787. The molecule has 3 rings (SSSR count). The third-order valence-electron chi connectivity index (χ3n) is 3.92. The fraction of sp³-hybridized carbons (Fsp3) is 0.562. The van der Waals surface area contributed by atoms with Crippen LogP contribution in [0.15, 0.2) is 24.4 Å². The second kappa shape index (κ2) is 5.83. The maximum Gasteiger partial charge on any atom is 0.152 e. The van der Waals surface area contributed by atoms with Gasteiger partial charge in [-0.3, -0.25) is 0 Å². The number of anilines is 1. The molecule has 4 heteroatoms. The van der Waals surface area contributed by atoms with Crippen molar-refractivity contribution in [2.24, 2.45) is 5.92 Å². The molecule has 0 unspecified atom stereocenters. The molecule has 0 bridgehead atoms. The van der Waals surface area contributed by atoms with Gasteiger partial charge in [-0.15, -0.1) is 0 Å². The maximum absolute atomic E-state index is 4.82. The molecule has 0 saturated heterocycles. The van der Waals surface area contributed by atoms with Gasteiger partial charge in [0.25, 0.3) is 0 Å². The van der Waals surface area contributed by atoms with Crippen LogP contribution in [-0.2, 0) is 6.54 Å². The number of hydrogen-bond donors (Lipinski definition) is 1. The van der Waals surface area contributed by atoms with E-state index in [0.717, 1.165) is 43.4 Å². The molecule has 0 spiro atoms. The first-order valence-electron chi connectivity index (χ1n) is 7.67. The molecule has 0 amide bonds. The molecule has 1 N–H and O–H groups in total. The number of imidazole rings is 1. The highest BCUT2D eigenvalue weighted by atomic mass is 15.2. The summed E-state index contributed by atoms with van der Waals surface area (Å²) in [5.74, 6) is 2.01. The SMILES string of the molecule is CCCNCc1c(N(C)CC2CC2)nc2ccccn12. The number of pyridine rings is 1. The van der Waals surface area contributed by atoms with Gasteiger partial charge in [-0.05, 0) is 43.9 Å². The maximum atomic E-state index is 4.82. The van der Waals surface area contributed by atoms with E-state index in [0.29, 0.717) is 0 Å². The summed E-state index contributed by atoms with van der Waals surface area (Å²) < 4.78 is 2.21. The predicted octanol–water partition coefficient (Wildman–Crippen LogP) is 2.68. The average Bonchev–Trinajstić information content (AvgIpc) is 3.19. The van der Waals surface area contributed by atoms with Crippen LogP contribution in [0.4, 0.5) is 5.82 Å². The van der Waals surface area contributed by atoms with Crippen LogP contribution in [0.1, 0.15) is 31.9 Å². The van der Waals surface area contributed by atoms with E-state index in [1.54, 1.807) is 0 Å². The summed E-state index contributed by atoms with van der Waals surface area (Å²) in [6, 6.07) is 6.21. The zero-order valence-electron chi connectivity index (χ0n) is 12.5. The highest BCUT2D eigenvalue weighted by Gasteiger charge is 2.25. The van der Waals surface area contributed by atoms with Crippen LogP contribution in [0, 0.1) is 5.92 Å². The molecule has 2 aromatic heterocycles. The lowest BCUT2D eigenvalue weighted by Gasteiger charge is -2.18. The van der Waals surface area contributed by atoms with Crippen LogP contribution in [0.3, 0.4) is 0 Å². The first kappa shape index (κ1) is 13.4. The van der Waals surface area contributed by atoms with Crippen LogP contribution >= 0.6 is 0 Å². The minimum absolute atomic E-state index is 0.876. The molecule has 0 aromatic carbocycles. The Morgan fingerprint density at radius 2 is 2.25 bits per heavy atom. The van der Waals surface area contributed by atoms with E-state index in [1.165, 1.54) is 18.5 Å². The van der Waals surface area contributed by atoms with Crippen LogP contribution < -0.4 is 10.2 Å². The zero-order valence-corrected chi connectivity index (χ0v) is 12.5. The van der Waals surface area contributed by atoms with Crippen molar-refractivity contribution in [3.63, 3.8) is 0 Å². The molecule has 2 aromatic rings.